The number of carbonyl (C=O) groups is 1. The Morgan fingerprint density at radius 1 is 1.47 bits per heavy atom. The maximum absolute atomic E-state index is 14.6. The second kappa shape index (κ2) is 7.17. The van der Waals surface area contributed by atoms with E-state index in [4.69, 9.17) is 15.0 Å². The van der Waals surface area contributed by atoms with E-state index in [0.29, 0.717) is 23.7 Å². The Labute approximate surface area is 170 Å². The van der Waals surface area contributed by atoms with E-state index in [2.05, 4.69) is 28.6 Å². The van der Waals surface area contributed by atoms with Crippen molar-refractivity contribution in [1.29, 1.82) is 0 Å². The Balaban J connectivity index is 1.77. The van der Waals surface area contributed by atoms with Gasteiger partial charge in [-0.05, 0) is 19.1 Å². The summed E-state index contributed by atoms with van der Waals surface area (Å²) in [5.41, 5.74) is 4.39. The quantitative estimate of drug-likeness (QED) is 0.641. The average Bonchev–Trinajstić information content (AvgIpc) is 3.32. The van der Waals surface area contributed by atoms with Gasteiger partial charge in [0.25, 0.3) is 5.91 Å². The third-order valence-electron chi connectivity index (χ3n) is 4.60. The van der Waals surface area contributed by atoms with Crippen LogP contribution in [0.1, 0.15) is 34.4 Å². The summed E-state index contributed by atoms with van der Waals surface area (Å²) in [6.07, 6.45) is 2.96. The number of nitrogens with zero attached hydrogens (tertiary/aromatic N) is 3. The van der Waals surface area contributed by atoms with Gasteiger partial charge in [-0.2, -0.15) is 0 Å². The molecule has 0 fully saturated rings. The Hall–Kier alpha value is -3.90. The lowest BCUT2D eigenvalue weighted by Crippen LogP contribution is -2.18. The second-order valence-electron chi connectivity index (χ2n) is 6.82. The molecule has 2 aromatic heterocycles. The highest BCUT2D eigenvalue weighted by Crippen LogP contribution is 2.34. The van der Waals surface area contributed by atoms with Crippen LogP contribution < -0.4 is 10.5 Å². The number of primary amides is 1. The lowest BCUT2D eigenvalue weighted by atomic mass is 10.0. The first-order chi connectivity index (χ1) is 14.3. The number of imidazole rings is 1. The summed E-state index contributed by atoms with van der Waals surface area (Å²) in [6, 6.07) is 4.15. The highest BCUT2D eigenvalue weighted by atomic mass is 19.1. The van der Waals surface area contributed by atoms with Gasteiger partial charge >= 0.3 is 0 Å². The summed E-state index contributed by atoms with van der Waals surface area (Å²) >= 11 is 0. The molecule has 3 heterocycles. The predicted octanol–water partition coefficient (Wildman–Crippen LogP) is 2.07. The van der Waals surface area contributed by atoms with Crippen molar-refractivity contribution < 1.29 is 23.6 Å². The highest BCUT2D eigenvalue weighted by Gasteiger charge is 2.26. The number of amides is 1. The number of rotatable bonds is 3. The Kier molecular flexibility index (Phi) is 4.64. The minimum Gasteiger partial charge on any atom is -0.491 e. The first-order valence-electron chi connectivity index (χ1n) is 8.97. The average molecular weight is 408 g/mol. The van der Waals surface area contributed by atoms with Gasteiger partial charge in [-0.1, -0.05) is 23.6 Å². The van der Waals surface area contributed by atoms with Crippen LogP contribution in [-0.4, -0.2) is 32.3 Å². The van der Waals surface area contributed by atoms with Crippen LogP contribution in [-0.2, 0) is 12.1 Å². The molecule has 0 saturated heterocycles. The first kappa shape index (κ1) is 19.4. The van der Waals surface area contributed by atoms with Gasteiger partial charge in [-0.15, -0.1) is 0 Å². The predicted molar refractivity (Wildman–Crippen MR) is 105 cm³/mol. The van der Waals surface area contributed by atoms with Crippen LogP contribution >= 0.6 is 0 Å². The third-order valence-corrected chi connectivity index (χ3v) is 4.60. The van der Waals surface area contributed by atoms with Crippen LogP contribution in [0, 0.1) is 17.7 Å². The minimum absolute atomic E-state index is 0.0159. The van der Waals surface area contributed by atoms with Crippen LogP contribution in [0.4, 0.5) is 4.39 Å². The topological polar surface area (TPSA) is 116 Å². The van der Waals surface area contributed by atoms with Gasteiger partial charge in [-0.3, -0.25) is 4.79 Å². The number of aliphatic hydroxyl groups is 1. The van der Waals surface area contributed by atoms with Crippen molar-refractivity contribution in [3.63, 3.8) is 0 Å². The maximum atomic E-state index is 14.6. The number of ether oxygens (including phenoxy) is 1. The van der Waals surface area contributed by atoms with Crippen LogP contribution in [0.15, 0.2) is 35.5 Å². The lowest BCUT2D eigenvalue weighted by molar-refractivity contribution is 0.0995. The standard InChI is InChI=1S/C21H17FN4O4/c1-3-13-9-18(25-30-13)21(2,28)5-4-12-8-14-17(10-15(12)22)29-7-6-26-11-16(19(23)27)24-20(14)26/h3,8-11,28H,1,6-7H2,2H3,(H2,23,27). The van der Waals surface area contributed by atoms with E-state index in [0.717, 1.165) is 0 Å². The van der Waals surface area contributed by atoms with Crippen molar-refractivity contribution in [2.75, 3.05) is 6.61 Å². The molecule has 1 aliphatic rings. The molecular formula is C21H17FN4O4. The van der Waals surface area contributed by atoms with Crippen molar-refractivity contribution in [1.82, 2.24) is 14.7 Å². The molecule has 30 heavy (non-hydrogen) atoms. The van der Waals surface area contributed by atoms with E-state index in [1.165, 1.54) is 37.4 Å². The van der Waals surface area contributed by atoms with Crippen molar-refractivity contribution in [3.05, 3.63) is 59.5 Å². The molecule has 3 aromatic rings. The Bertz CT molecular complexity index is 1230. The zero-order valence-electron chi connectivity index (χ0n) is 16.0. The smallest absolute Gasteiger partial charge is 0.268 e. The molecule has 1 atom stereocenters. The van der Waals surface area contributed by atoms with Gasteiger partial charge in [0.05, 0.1) is 17.7 Å². The summed E-state index contributed by atoms with van der Waals surface area (Å²) < 4.78 is 27.0. The minimum atomic E-state index is -1.68. The lowest BCUT2D eigenvalue weighted by Gasteiger charge is -2.12. The number of benzene rings is 1. The molecule has 1 unspecified atom stereocenters. The number of hydrogen-bond donors (Lipinski definition) is 2. The molecule has 1 aliphatic heterocycles. The SMILES string of the molecule is C=Cc1cc(C(C)(O)C#Cc2cc3c(cc2F)OCCn2cc(C(N)=O)nc2-3)no1. The zero-order valence-corrected chi connectivity index (χ0v) is 16.0. The molecule has 152 valence electrons. The van der Waals surface area contributed by atoms with E-state index in [1.807, 2.05) is 0 Å². The monoisotopic (exact) mass is 408 g/mol. The molecule has 0 bridgehead atoms. The Morgan fingerprint density at radius 2 is 2.27 bits per heavy atom. The van der Waals surface area contributed by atoms with Gasteiger partial charge < -0.3 is 24.7 Å². The molecule has 9 heteroatoms. The summed E-state index contributed by atoms with van der Waals surface area (Å²) in [5, 5.41) is 14.4. The van der Waals surface area contributed by atoms with Gasteiger partial charge in [0.1, 0.15) is 35.4 Å². The molecule has 0 aliphatic carbocycles. The van der Waals surface area contributed by atoms with E-state index in [1.54, 1.807) is 4.57 Å². The van der Waals surface area contributed by atoms with E-state index in [-0.39, 0.29) is 29.3 Å². The zero-order chi connectivity index (χ0) is 21.5. The molecule has 0 radical (unpaired) electrons. The summed E-state index contributed by atoms with van der Waals surface area (Å²) in [7, 11) is 0. The fourth-order valence-corrected chi connectivity index (χ4v) is 2.99. The molecular weight excluding hydrogens is 391 g/mol. The number of halogens is 1. The molecule has 8 nitrogen and oxygen atoms in total. The van der Waals surface area contributed by atoms with Crippen molar-refractivity contribution in [2.24, 2.45) is 5.73 Å². The summed E-state index contributed by atoms with van der Waals surface area (Å²) in [6.45, 7) is 5.66. The largest absolute Gasteiger partial charge is 0.491 e. The van der Waals surface area contributed by atoms with Crippen LogP contribution in [0.3, 0.4) is 0 Å². The van der Waals surface area contributed by atoms with E-state index >= 15 is 0 Å². The fraction of sp³-hybridized carbons (Fsp3) is 0.190. The van der Waals surface area contributed by atoms with Gasteiger partial charge in [0.2, 0.25) is 0 Å². The number of hydrogen-bond acceptors (Lipinski definition) is 6. The molecule has 1 aromatic carbocycles. The number of carbonyl (C=O) groups excluding carboxylic acids is 1. The molecule has 4 rings (SSSR count). The van der Waals surface area contributed by atoms with Crippen molar-refractivity contribution in [3.8, 4) is 29.0 Å². The van der Waals surface area contributed by atoms with Crippen LogP contribution in [0.25, 0.3) is 17.5 Å². The fourth-order valence-electron chi connectivity index (χ4n) is 2.99. The second-order valence-corrected chi connectivity index (χ2v) is 6.82. The number of nitrogens with two attached hydrogens (primary N) is 1. The molecule has 0 spiro atoms. The van der Waals surface area contributed by atoms with Crippen LogP contribution in [0.5, 0.6) is 5.75 Å². The first-order valence-corrected chi connectivity index (χ1v) is 8.97. The third kappa shape index (κ3) is 3.44. The molecule has 0 saturated carbocycles. The normalized spacial score (nSPS) is 14.2. The van der Waals surface area contributed by atoms with Gasteiger partial charge in [0.15, 0.2) is 11.4 Å². The summed E-state index contributed by atoms with van der Waals surface area (Å²) in [5.74, 6) is 5.02. The van der Waals surface area contributed by atoms with Gasteiger partial charge in [-0.25, -0.2) is 9.37 Å². The highest BCUT2D eigenvalue weighted by molar-refractivity contribution is 5.91. The number of fused-ring (bicyclic) bond motifs is 3. The Morgan fingerprint density at radius 3 is 2.97 bits per heavy atom. The van der Waals surface area contributed by atoms with E-state index < -0.39 is 17.3 Å². The summed E-state index contributed by atoms with van der Waals surface area (Å²) in [4.78, 5) is 15.7. The molecule has 3 N–H and O–H groups in total. The number of aromatic nitrogens is 3. The van der Waals surface area contributed by atoms with Crippen molar-refractivity contribution >= 4 is 12.0 Å². The van der Waals surface area contributed by atoms with Crippen LogP contribution in [0.2, 0.25) is 0 Å². The molecule has 1 amide bonds. The van der Waals surface area contributed by atoms with Gasteiger partial charge in [0, 0.05) is 18.3 Å². The maximum Gasteiger partial charge on any atom is 0.268 e. The van der Waals surface area contributed by atoms with Crippen molar-refractivity contribution in [2.45, 2.75) is 19.1 Å². The van der Waals surface area contributed by atoms with E-state index in [9.17, 15) is 14.3 Å².